The Morgan fingerprint density at radius 1 is 1.20 bits per heavy atom. The van der Waals surface area contributed by atoms with E-state index in [1.165, 1.54) is 6.26 Å². The third-order valence-electron chi connectivity index (χ3n) is 3.07. The molecule has 104 valence electrons. The smallest absolute Gasteiger partial charge is 0.323 e. The molecule has 0 saturated carbocycles. The van der Waals surface area contributed by atoms with Crippen molar-refractivity contribution in [2.24, 2.45) is 0 Å². The van der Waals surface area contributed by atoms with Gasteiger partial charge in [-0.2, -0.15) is 0 Å². The molecule has 0 atom stereocenters. The van der Waals surface area contributed by atoms with Crippen LogP contribution in [0.3, 0.4) is 0 Å². The number of piperazine rings is 1. The van der Waals surface area contributed by atoms with Crippen molar-refractivity contribution in [3.63, 3.8) is 0 Å². The standard InChI is InChI=1S/C12H14N6O2/c19-12(15-10-2-9-20-16-10)18-7-5-17(6-8-18)11-13-3-1-4-14-11/h1-4,9H,5-8H2,(H,15,16,19). The highest BCUT2D eigenvalue weighted by atomic mass is 16.5. The van der Waals surface area contributed by atoms with Crippen LogP contribution < -0.4 is 10.2 Å². The Bertz CT molecular complexity index is 551. The van der Waals surface area contributed by atoms with Crippen LogP contribution in [-0.4, -0.2) is 52.2 Å². The van der Waals surface area contributed by atoms with Gasteiger partial charge in [0.1, 0.15) is 6.26 Å². The van der Waals surface area contributed by atoms with Crippen molar-refractivity contribution in [3.05, 3.63) is 30.8 Å². The van der Waals surface area contributed by atoms with Crippen LogP contribution in [0.1, 0.15) is 0 Å². The van der Waals surface area contributed by atoms with Gasteiger partial charge in [0.15, 0.2) is 5.82 Å². The molecule has 3 heterocycles. The van der Waals surface area contributed by atoms with E-state index in [9.17, 15) is 4.79 Å². The molecular weight excluding hydrogens is 260 g/mol. The zero-order chi connectivity index (χ0) is 13.8. The number of urea groups is 1. The normalized spacial score (nSPS) is 15.2. The van der Waals surface area contributed by atoms with Crippen molar-refractivity contribution >= 4 is 17.8 Å². The molecule has 1 aliphatic heterocycles. The molecule has 0 radical (unpaired) electrons. The lowest BCUT2D eigenvalue weighted by Crippen LogP contribution is -2.50. The zero-order valence-corrected chi connectivity index (χ0v) is 10.8. The summed E-state index contributed by atoms with van der Waals surface area (Å²) in [6.45, 7) is 2.64. The molecule has 1 aliphatic rings. The quantitative estimate of drug-likeness (QED) is 0.872. The number of aromatic nitrogens is 3. The number of carbonyl (C=O) groups is 1. The molecule has 3 rings (SSSR count). The highest BCUT2D eigenvalue weighted by Gasteiger charge is 2.22. The fourth-order valence-corrected chi connectivity index (χ4v) is 2.03. The van der Waals surface area contributed by atoms with E-state index in [0.717, 1.165) is 0 Å². The van der Waals surface area contributed by atoms with Gasteiger partial charge in [-0.1, -0.05) is 5.16 Å². The number of hydrogen-bond acceptors (Lipinski definition) is 6. The summed E-state index contributed by atoms with van der Waals surface area (Å²) in [6.07, 6.45) is 4.85. The van der Waals surface area contributed by atoms with Gasteiger partial charge in [0.05, 0.1) is 0 Å². The molecule has 0 aliphatic carbocycles. The lowest BCUT2D eigenvalue weighted by molar-refractivity contribution is 0.207. The predicted octanol–water partition coefficient (Wildman–Crippen LogP) is 0.819. The van der Waals surface area contributed by atoms with Crippen LogP contribution in [0.2, 0.25) is 0 Å². The highest BCUT2D eigenvalue weighted by Crippen LogP contribution is 2.11. The minimum atomic E-state index is -0.174. The zero-order valence-electron chi connectivity index (χ0n) is 10.8. The first-order valence-corrected chi connectivity index (χ1v) is 6.31. The Labute approximate surface area is 115 Å². The monoisotopic (exact) mass is 274 g/mol. The molecule has 1 saturated heterocycles. The summed E-state index contributed by atoms with van der Waals surface area (Å²) >= 11 is 0. The number of carbonyl (C=O) groups excluding carboxylic acids is 1. The Balaban J connectivity index is 1.54. The number of rotatable bonds is 2. The highest BCUT2D eigenvalue weighted by molar-refractivity contribution is 5.88. The first-order chi connectivity index (χ1) is 9.83. The third kappa shape index (κ3) is 2.68. The first kappa shape index (κ1) is 12.4. The second-order valence-corrected chi connectivity index (χ2v) is 4.34. The Kier molecular flexibility index (Phi) is 3.44. The molecule has 1 N–H and O–H groups in total. The number of hydrogen-bond donors (Lipinski definition) is 1. The second kappa shape index (κ2) is 5.55. The minimum Gasteiger partial charge on any atom is -0.363 e. The molecule has 0 unspecified atom stereocenters. The van der Waals surface area contributed by atoms with Gasteiger partial charge in [0.2, 0.25) is 5.95 Å². The summed E-state index contributed by atoms with van der Waals surface area (Å²) in [5.41, 5.74) is 0. The van der Waals surface area contributed by atoms with Crippen molar-refractivity contribution in [2.45, 2.75) is 0 Å². The predicted molar refractivity (Wildman–Crippen MR) is 71.3 cm³/mol. The Morgan fingerprint density at radius 3 is 2.60 bits per heavy atom. The summed E-state index contributed by atoms with van der Waals surface area (Å²) in [5, 5.41) is 6.33. The number of nitrogens with zero attached hydrogens (tertiary/aromatic N) is 5. The molecule has 2 aromatic rings. The van der Waals surface area contributed by atoms with Crippen molar-refractivity contribution in [3.8, 4) is 0 Å². The van der Waals surface area contributed by atoms with Crippen LogP contribution in [0.4, 0.5) is 16.6 Å². The van der Waals surface area contributed by atoms with E-state index in [0.29, 0.717) is 37.9 Å². The minimum absolute atomic E-state index is 0.174. The Morgan fingerprint density at radius 2 is 1.95 bits per heavy atom. The fourth-order valence-electron chi connectivity index (χ4n) is 2.03. The second-order valence-electron chi connectivity index (χ2n) is 4.34. The largest absolute Gasteiger partial charge is 0.363 e. The van der Waals surface area contributed by atoms with E-state index in [-0.39, 0.29) is 6.03 Å². The Hall–Kier alpha value is -2.64. The third-order valence-corrected chi connectivity index (χ3v) is 3.07. The molecule has 8 nitrogen and oxygen atoms in total. The van der Waals surface area contributed by atoms with Gasteiger partial charge in [-0.05, 0) is 6.07 Å². The maximum atomic E-state index is 12.0. The topological polar surface area (TPSA) is 87.4 Å². The molecule has 8 heteroatoms. The van der Waals surface area contributed by atoms with Crippen LogP contribution in [-0.2, 0) is 0 Å². The first-order valence-electron chi connectivity index (χ1n) is 6.31. The van der Waals surface area contributed by atoms with Crippen LogP contribution >= 0.6 is 0 Å². The van der Waals surface area contributed by atoms with E-state index in [2.05, 4.69) is 29.9 Å². The maximum absolute atomic E-state index is 12.0. The molecule has 2 amide bonds. The average Bonchev–Trinajstić information content (AvgIpc) is 3.01. The van der Waals surface area contributed by atoms with Crippen LogP contribution in [0.5, 0.6) is 0 Å². The summed E-state index contributed by atoms with van der Waals surface area (Å²) < 4.78 is 4.67. The number of amides is 2. The summed E-state index contributed by atoms with van der Waals surface area (Å²) in [6, 6.07) is 3.21. The van der Waals surface area contributed by atoms with Crippen molar-refractivity contribution in [1.82, 2.24) is 20.0 Å². The summed E-state index contributed by atoms with van der Waals surface area (Å²) in [7, 11) is 0. The molecule has 0 spiro atoms. The van der Waals surface area contributed by atoms with Crippen molar-refractivity contribution < 1.29 is 9.32 Å². The lowest BCUT2D eigenvalue weighted by Gasteiger charge is -2.34. The SMILES string of the molecule is O=C(Nc1ccon1)N1CCN(c2ncccn2)CC1. The van der Waals surface area contributed by atoms with Gasteiger partial charge in [0.25, 0.3) is 0 Å². The van der Waals surface area contributed by atoms with Gasteiger partial charge in [-0.3, -0.25) is 5.32 Å². The molecule has 2 aromatic heterocycles. The van der Waals surface area contributed by atoms with E-state index in [4.69, 9.17) is 0 Å². The summed E-state index contributed by atoms with van der Waals surface area (Å²) in [5.74, 6) is 1.12. The van der Waals surface area contributed by atoms with Gasteiger partial charge in [-0.15, -0.1) is 0 Å². The molecule has 0 aromatic carbocycles. The van der Waals surface area contributed by atoms with Gasteiger partial charge >= 0.3 is 6.03 Å². The van der Waals surface area contributed by atoms with E-state index < -0.39 is 0 Å². The summed E-state index contributed by atoms with van der Waals surface area (Å²) in [4.78, 5) is 24.2. The fraction of sp³-hybridized carbons (Fsp3) is 0.333. The molecule has 0 bridgehead atoms. The van der Waals surface area contributed by atoms with Gasteiger partial charge < -0.3 is 14.3 Å². The lowest BCUT2D eigenvalue weighted by atomic mass is 10.3. The van der Waals surface area contributed by atoms with E-state index >= 15 is 0 Å². The van der Waals surface area contributed by atoms with Crippen LogP contribution in [0, 0.1) is 0 Å². The van der Waals surface area contributed by atoms with Crippen molar-refractivity contribution in [1.29, 1.82) is 0 Å². The molecule has 20 heavy (non-hydrogen) atoms. The average molecular weight is 274 g/mol. The molecular formula is C12H14N6O2. The number of nitrogens with one attached hydrogen (secondary N) is 1. The van der Waals surface area contributed by atoms with E-state index in [1.54, 1.807) is 29.4 Å². The van der Waals surface area contributed by atoms with Crippen LogP contribution in [0.25, 0.3) is 0 Å². The van der Waals surface area contributed by atoms with Gasteiger partial charge in [-0.25, -0.2) is 14.8 Å². The van der Waals surface area contributed by atoms with E-state index in [1.807, 2.05) is 0 Å². The van der Waals surface area contributed by atoms with Gasteiger partial charge in [0, 0.05) is 44.6 Å². The van der Waals surface area contributed by atoms with Crippen LogP contribution in [0.15, 0.2) is 35.3 Å². The maximum Gasteiger partial charge on any atom is 0.323 e. The molecule has 1 fully saturated rings. The van der Waals surface area contributed by atoms with Crippen molar-refractivity contribution in [2.75, 3.05) is 36.4 Å². The number of anilines is 2.